The highest BCUT2D eigenvalue weighted by molar-refractivity contribution is 7.19. The van der Waals surface area contributed by atoms with Crippen LogP contribution >= 0.6 is 11.3 Å². The highest BCUT2D eigenvalue weighted by Crippen LogP contribution is 2.35. The molecule has 3 rings (SSSR count). The number of nitrogens with one attached hydrogen (secondary N) is 2. The van der Waals surface area contributed by atoms with Gasteiger partial charge in [0.15, 0.2) is 0 Å². The topological polar surface area (TPSA) is 122 Å². The molecule has 0 spiro atoms. The van der Waals surface area contributed by atoms with Gasteiger partial charge in [0.1, 0.15) is 5.00 Å². The average Bonchev–Trinajstić information content (AvgIpc) is 3.10. The fourth-order valence-corrected chi connectivity index (χ4v) is 4.63. The van der Waals surface area contributed by atoms with Crippen LogP contribution in [-0.4, -0.2) is 35.5 Å². The monoisotopic (exact) mass is 456 g/mol. The van der Waals surface area contributed by atoms with Crippen LogP contribution in [0.5, 0.6) is 0 Å². The zero-order valence-corrected chi connectivity index (χ0v) is 18.6. The molecule has 1 aliphatic rings. The molecule has 8 nitrogen and oxygen atoms in total. The number of esters is 1. The minimum Gasteiger partial charge on any atom is -0.478 e. The van der Waals surface area contributed by atoms with Crippen molar-refractivity contribution in [1.82, 2.24) is 0 Å². The predicted molar refractivity (Wildman–Crippen MR) is 121 cm³/mol. The molecule has 9 heteroatoms. The van der Waals surface area contributed by atoms with Crippen molar-refractivity contribution < 1.29 is 29.0 Å². The summed E-state index contributed by atoms with van der Waals surface area (Å²) in [4.78, 5) is 50.2. The largest absolute Gasteiger partial charge is 0.478 e. The van der Waals surface area contributed by atoms with Gasteiger partial charge in [0.05, 0.1) is 17.0 Å². The normalized spacial score (nSPS) is 13.4. The molecule has 0 radical (unpaired) electrons. The fourth-order valence-electron chi connectivity index (χ4n) is 3.55. The van der Waals surface area contributed by atoms with E-state index in [4.69, 9.17) is 4.74 Å². The molecule has 0 fully saturated rings. The van der Waals surface area contributed by atoms with Gasteiger partial charge in [-0.3, -0.25) is 9.59 Å². The van der Waals surface area contributed by atoms with Crippen LogP contribution in [-0.2, 0) is 14.3 Å². The first-order chi connectivity index (χ1) is 15.3. The number of hydrogen-bond donors (Lipinski definition) is 3. The van der Waals surface area contributed by atoms with Gasteiger partial charge in [-0.2, -0.15) is 0 Å². The number of hydrogen-bond acceptors (Lipinski definition) is 6. The Bertz CT molecular complexity index is 1090. The second-order valence-electron chi connectivity index (χ2n) is 7.22. The number of carbonyl (C=O) groups is 4. The molecule has 0 atom stereocenters. The molecule has 1 aromatic carbocycles. The van der Waals surface area contributed by atoms with Crippen LogP contribution in [0.25, 0.3) is 0 Å². The third kappa shape index (κ3) is 5.05. The lowest BCUT2D eigenvalue weighted by Gasteiger charge is -2.17. The van der Waals surface area contributed by atoms with Crippen molar-refractivity contribution in [2.75, 3.05) is 17.2 Å². The third-order valence-corrected chi connectivity index (χ3v) is 6.30. The molecule has 32 heavy (non-hydrogen) atoms. The molecule has 0 unspecified atom stereocenters. The van der Waals surface area contributed by atoms with Gasteiger partial charge >= 0.3 is 11.9 Å². The SMILES string of the molecule is CCOC(=O)c1c(NC(=O)C2=C(C(=O)O)CCCC2)sc(C(=O)Nc2ccccc2)c1C. The van der Waals surface area contributed by atoms with Crippen LogP contribution in [0, 0.1) is 6.92 Å². The van der Waals surface area contributed by atoms with Crippen molar-refractivity contribution in [3.05, 3.63) is 57.5 Å². The van der Waals surface area contributed by atoms with E-state index in [0.717, 1.165) is 11.3 Å². The molecular weight excluding hydrogens is 432 g/mol. The Morgan fingerprint density at radius 1 is 1.00 bits per heavy atom. The molecule has 0 bridgehead atoms. The first-order valence-electron chi connectivity index (χ1n) is 10.3. The second-order valence-corrected chi connectivity index (χ2v) is 8.25. The number of rotatable bonds is 7. The van der Waals surface area contributed by atoms with E-state index in [0.29, 0.717) is 36.9 Å². The Labute approximate surface area is 189 Å². The first kappa shape index (κ1) is 23.2. The van der Waals surface area contributed by atoms with E-state index >= 15 is 0 Å². The van der Waals surface area contributed by atoms with Gasteiger partial charge in [-0.05, 0) is 57.2 Å². The van der Waals surface area contributed by atoms with E-state index in [1.54, 1.807) is 38.1 Å². The minimum atomic E-state index is -1.12. The maximum absolute atomic E-state index is 12.9. The zero-order chi connectivity index (χ0) is 23.3. The number of anilines is 2. The van der Waals surface area contributed by atoms with Gasteiger partial charge in [0, 0.05) is 16.8 Å². The summed E-state index contributed by atoms with van der Waals surface area (Å²) in [7, 11) is 0. The van der Waals surface area contributed by atoms with Crippen molar-refractivity contribution in [3.8, 4) is 0 Å². The van der Waals surface area contributed by atoms with E-state index < -0.39 is 23.8 Å². The van der Waals surface area contributed by atoms with Gasteiger partial charge in [-0.1, -0.05) is 18.2 Å². The maximum Gasteiger partial charge on any atom is 0.341 e. The Balaban J connectivity index is 1.96. The lowest BCUT2D eigenvalue weighted by molar-refractivity contribution is -0.133. The summed E-state index contributed by atoms with van der Waals surface area (Å²) in [6, 6.07) is 8.86. The lowest BCUT2D eigenvalue weighted by atomic mass is 9.91. The summed E-state index contributed by atoms with van der Waals surface area (Å²) in [6.07, 6.45) is 2.07. The van der Waals surface area contributed by atoms with E-state index in [-0.39, 0.29) is 33.2 Å². The van der Waals surface area contributed by atoms with E-state index in [2.05, 4.69) is 10.6 Å². The molecule has 0 saturated carbocycles. The van der Waals surface area contributed by atoms with E-state index in [1.807, 2.05) is 6.07 Å². The molecule has 1 heterocycles. The molecule has 1 aromatic heterocycles. The summed E-state index contributed by atoms with van der Waals surface area (Å²) < 4.78 is 5.13. The Morgan fingerprint density at radius 2 is 1.66 bits per heavy atom. The Hall–Kier alpha value is -3.46. The van der Waals surface area contributed by atoms with Gasteiger partial charge < -0.3 is 20.5 Å². The molecule has 1 aliphatic carbocycles. The van der Waals surface area contributed by atoms with E-state index in [1.165, 1.54) is 0 Å². The highest BCUT2D eigenvalue weighted by atomic mass is 32.1. The number of para-hydroxylation sites is 1. The van der Waals surface area contributed by atoms with Gasteiger partial charge in [0.2, 0.25) is 0 Å². The summed E-state index contributed by atoms with van der Waals surface area (Å²) in [6.45, 7) is 3.40. The zero-order valence-electron chi connectivity index (χ0n) is 17.8. The van der Waals surface area contributed by atoms with E-state index in [9.17, 15) is 24.3 Å². The number of carbonyl (C=O) groups excluding carboxylic acids is 3. The molecule has 2 amide bonds. The predicted octanol–water partition coefficient (Wildman–Crippen LogP) is 4.38. The standard InChI is InChI=1S/C23H24N2O6S/c1-3-31-23(30)17-13(2)18(20(27)24-14-9-5-4-6-10-14)32-21(17)25-19(26)15-11-7-8-12-16(15)22(28)29/h4-6,9-10H,3,7-8,11-12H2,1-2H3,(H,24,27)(H,25,26)(H,28,29). The van der Waals surface area contributed by atoms with Crippen LogP contribution in [0.3, 0.4) is 0 Å². The summed E-state index contributed by atoms with van der Waals surface area (Å²) in [5, 5.41) is 15.0. The van der Waals surface area contributed by atoms with Gasteiger partial charge in [-0.25, -0.2) is 9.59 Å². The number of ether oxygens (including phenoxy) is 1. The quantitative estimate of drug-likeness (QED) is 0.532. The summed E-state index contributed by atoms with van der Waals surface area (Å²) in [5.41, 5.74) is 1.35. The fraction of sp³-hybridized carbons (Fsp3) is 0.304. The van der Waals surface area contributed by atoms with Crippen LogP contribution in [0.15, 0.2) is 41.5 Å². The third-order valence-electron chi connectivity index (χ3n) is 5.09. The highest BCUT2D eigenvalue weighted by Gasteiger charge is 2.29. The first-order valence-corrected chi connectivity index (χ1v) is 11.1. The molecule has 3 N–H and O–H groups in total. The summed E-state index contributed by atoms with van der Waals surface area (Å²) >= 11 is 0.955. The number of aliphatic carboxylic acids is 1. The van der Waals surface area contributed by atoms with Crippen LogP contribution in [0.1, 0.15) is 58.2 Å². The number of amides is 2. The maximum atomic E-state index is 12.9. The number of carboxylic acid groups (broad SMARTS) is 1. The molecule has 0 saturated heterocycles. The Kier molecular flexibility index (Phi) is 7.42. The molecule has 0 aliphatic heterocycles. The van der Waals surface area contributed by atoms with Crippen LogP contribution in [0.2, 0.25) is 0 Å². The van der Waals surface area contributed by atoms with Crippen molar-refractivity contribution in [2.45, 2.75) is 39.5 Å². The van der Waals surface area contributed by atoms with Gasteiger partial charge in [-0.15, -0.1) is 11.3 Å². The number of benzene rings is 1. The van der Waals surface area contributed by atoms with Crippen molar-refractivity contribution in [3.63, 3.8) is 0 Å². The molecule has 2 aromatic rings. The average molecular weight is 457 g/mol. The number of carboxylic acids is 1. The smallest absolute Gasteiger partial charge is 0.341 e. The minimum absolute atomic E-state index is 0.0850. The Morgan fingerprint density at radius 3 is 2.28 bits per heavy atom. The van der Waals surface area contributed by atoms with Gasteiger partial charge in [0.25, 0.3) is 11.8 Å². The molecular formula is C23H24N2O6S. The van der Waals surface area contributed by atoms with Crippen molar-refractivity contribution in [1.29, 1.82) is 0 Å². The van der Waals surface area contributed by atoms with Crippen LogP contribution in [0.4, 0.5) is 10.7 Å². The summed E-state index contributed by atoms with van der Waals surface area (Å²) in [5.74, 6) is -2.78. The van der Waals surface area contributed by atoms with Crippen molar-refractivity contribution >= 4 is 45.8 Å². The molecule has 168 valence electrons. The second kappa shape index (κ2) is 10.2. The van der Waals surface area contributed by atoms with Crippen LogP contribution < -0.4 is 10.6 Å². The lowest BCUT2D eigenvalue weighted by Crippen LogP contribution is -2.22. The number of thiophene rings is 1. The van der Waals surface area contributed by atoms with Crippen molar-refractivity contribution in [2.24, 2.45) is 0 Å².